The number of hydrogen-bond donors (Lipinski definition) is 4. The molecule has 0 spiro atoms. The highest BCUT2D eigenvalue weighted by atomic mass is 16.7. The van der Waals surface area contributed by atoms with Crippen LogP contribution in [0.1, 0.15) is 44.8 Å². The van der Waals surface area contributed by atoms with Crippen molar-refractivity contribution in [1.29, 1.82) is 0 Å². The zero-order valence-electron chi connectivity index (χ0n) is 20.6. The smallest absolute Gasteiger partial charge is 0.339 e. The summed E-state index contributed by atoms with van der Waals surface area (Å²) in [6, 6.07) is 1.77. The van der Waals surface area contributed by atoms with Gasteiger partial charge < -0.3 is 43.8 Å². The van der Waals surface area contributed by atoms with Gasteiger partial charge in [0.25, 0.3) is 0 Å². The van der Waals surface area contributed by atoms with Crippen LogP contribution in [0.15, 0.2) is 34.7 Å². The Morgan fingerprint density at radius 1 is 1.14 bits per heavy atom. The Bertz CT molecular complexity index is 1110. The lowest BCUT2D eigenvalue weighted by Crippen LogP contribution is -2.65. The van der Waals surface area contributed by atoms with Crippen LogP contribution in [0.3, 0.4) is 0 Å². The first-order valence-electron chi connectivity index (χ1n) is 12.7. The number of aliphatic hydroxyl groups is 4. The Hall–Kier alpha value is -2.28. The molecule has 1 saturated carbocycles. The second kappa shape index (κ2) is 8.36. The second-order valence-electron chi connectivity index (χ2n) is 11.4. The van der Waals surface area contributed by atoms with Crippen LogP contribution in [0.4, 0.5) is 0 Å². The molecule has 4 fully saturated rings. The zero-order chi connectivity index (χ0) is 26.3. The third-order valence-corrected chi connectivity index (χ3v) is 9.69. The van der Waals surface area contributed by atoms with Gasteiger partial charge in [0.2, 0.25) is 0 Å². The Kier molecular flexibility index (Phi) is 5.65. The standard InChI is InChI=1S/C26H32O11/c1-24-8-15(12-4-6-33-10-12)35-21(31)14(24)3-5-25(2)17(24)7-13-11-34-23(32)26(13,25)37-22-20(30)19(29)18(28)16(9-27)36-22/h3-4,6,10,13,15-20,22,27-30H,5,7-9,11H2,1-2H3/t13-,15-,16+,17-,18+,19-,20+,22-,24+,25+,26-/m0/s1. The highest BCUT2D eigenvalue weighted by Gasteiger charge is 2.76. The van der Waals surface area contributed by atoms with Gasteiger partial charge in [0, 0.05) is 27.9 Å². The molecular formula is C26H32O11. The number of esters is 2. The lowest BCUT2D eigenvalue weighted by molar-refractivity contribution is -0.336. The van der Waals surface area contributed by atoms with Crippen molar-refractivity contribution in [2.24, 2.45) is 22.7 Å². The highest BCUT2D eigenvalue weighted by Crippen LogP contribution is 2.70. The molecule has 11 heteroatoms. The van der Waals surface area contributed by atoms with Crippen LogP contribution < -0.4 is 0 Å². The summed E-state index contributed by atoms with van der Waals surface area (Å²) >= 11 is 0. The number of aliphatic hydroxyl groups excluding tert-OH is 4. The van der Waals surface area contributed by atoms with Crippen molar-refractivity contribution in [3.63, 3.8) is 0 Å². The van der Waals surface area contributed by atoms with E-state index >= 15 is 0 Å². The van der Waals surface area contributed by atoms with Gasteiger partial charge in [-0.2, -0.15) is 0 Å². The normalized spacial score (nSPS) is 49.0. The molecule has 0 radical (unpaired) electrons. The molecular weight excluding hydrogens is 488 g/mol. The molecule has 3 saturated heterocycles. The molecule has 1 aromatic rings. The maximum atomic E-state index is 13.5. The lowest BCUT2D eigenvalue weighted by Gasteiger charge is -2.55. The maximum absolute atomic E-state index is 13.5. The fourth-order valence-corrected chi connectivity index (χ4v) is 7.76. The Morgan fingerprint density at radius 2 is 1.92 bits per heavy atom. The van der Waals surface area contributed by atoms with Crippen LogP contribution in [-0.2, 0) is 28.5 Å². The molecule has 2 aliphatic carbocycles. The van der Waals surface area contributed by atoms with Crippen molar-refractivity contribution < 1.29 is 53.4 Å². The molecule has 0 unspecified atom stereocenters. The van der Waals surface area contributed by atoms with Crippen LogP contribution in [0.25, 0.3) is 0 Å². The predicted molar refractivity (Wildman–Crippen MR) is 121 cm³/mol. The van der Waals surface area contributed by atoms with Crippen LogP contribution in [-0.4, -0.2) is 81.9 Å². The first kappa shape index (κ1) is 25.0. The third-order valence-electron chi connectivity index (χ3n) is 9.69. The van der Waals surface area contributed by atoms with Crippen molar-refractivity contribution in [2.75, 3.05) is 13.2 Å². The van der Waals surface area contributed by atoms with E-state index in [0.29, 0.717) is 24.8 Å². The molecule has 4 N–H and O–H groups in total. The van der Waals surface area contributed by atoms with Crippen molar-refractivity contribution in [1.82, 2.24) is 0 Å². The molecule has 4 heterocycles. The second-order valence-corrected chi connectivity index (χ2v) is 11.4. The van der Waals surface area contributed by atoms with Crippen molar-refractivity contribution in [2.45, 2.75) is 75.5 Å². The summed E-state index contributed by atoms with van der Waals surface area (Å²) < 4.78 is 28.5. The highest BCUT2D eigenvalue weighted by molar-refractivity contribution is 5.92. The number of ether oxygens (including phenoxy) is 4. The fourth-order valence-electron chi connectivity index (χ4n) is 7.76. The van der Waals surface area contributed by atoms with Crippen LogP contribution >= 0.6 is 0 Å². The van der Waals surface area contributed by atoms with E-state index in [1.54, 1.807) is 12.3 Å². The number of furan rings is 1. The average Bonchev–Trinajstić information content (AvgIpc) is 3.56. The Morgan fingerprint density at radius 3 is 2.62 bits per heavy atom. The molecule has 5 aliphatic rings. The predicted octanol–water partition coefficient (Wildman–Crippen LogP) is 0.358. The summed E-state index contributed by atoms with van der Waals surface area (Å²) in [7, 11) is 0. The molecule has 37 heavy (non-hydrogen) atoms. The van der Waals surface area contributed by atoms with Crippen molar-refractivity contribution >= 4 is 11.9 Å². The Labute approximate surface area is 212 Å². The molecule has 1 aromatic heterocycles. The minimum Gasteiger partial charge on any atom is -0.472 e. The number of hydrogen-bond acceptors (Lipinski definition) is 11. The van der Waals surface area contributed by atoms with E-state index in [2.05, 4.69) is 0 Å². The summed E-state index contributed by atoms with van der Waals surface area (Å²) in [6.45, 7) is 3.43. The van der Waals surface area contributed by atoms with E-state index in [4.69, 9.17) is 23.4 Å². The summed E-state index contributed by atoms with van der Waals surface area (Å²) in [5.74, 6) is -1.59. The SMILES string of the molecule is C[C@@]12C[C@@H](c3ccoc3)OC(=O)C1=CC[C@]1(C)[C@H]2C[C@H]2COC(=O)[C@@]21O[C@@H]1O[C@H](CO)[C@@H](O)[C@H](O)[C@H]1O. The van der Waals surface area contributed by atoms with Crippen LogP contribution in [0.5, 0.6) is 0 Å². The third kappa shape index (κ3) is 3.22. The number of rotatable bonds is 4. The van der Waals surface area contributed by atoms with E-state index in [-0.39, 0.29) is 12.5 Å². The quantitative estimate of drug-likeness (QED) is 0.405. The zero-order valence-corrected chi connectivity index (χ0v) is 20.6. The van der Waals surface area contributed by atoms with Crippen molar-refractivity contribution in [3.8, 4) is 0 Å². The van der Waals surface area contributed by atoms with Gasteiger partial charge in [-0.15, -0.1) is 0 Å². The van der Waals surface area contributed by atoms with E-state index < -0.39 is 77.7 Å². The number of carbonyl (C=O) groups excluding carboxylic acids is 2. The molecule has 0 bridgehead atoms. The number of allylic oxidation sites excluding steroid dienone is 1. The van der Waals surface area contributed by atoms with Gasteiger partial charge in [0.15, 0.2) is 11.9 Å². The van der Waals surface area contributed by atoms with Crippen LogP contribution in [0.2, 0.25) is 0 Å². The molecule has 0 aromatic carbocycles. The maximum Gasteiger partial charge on any atom is 0.339 e. The topological polar surface area (TPSA) is 165 Å². The van der Waals surface area contributed by atoms with E-state index in [9.17, 15) is 30.0 Å². The molecule has 11 atom stereocenters. The summed E-state index contributed by atoms with van der Waals surface area (Å²) in [4.78, 5) is 26.7. The van der Waals surface area contributed by atoms with E-state index in [1.165, 1.54) is 6.26 Å². The van der Waals surface area contributed by atoms with Gasteiger partial charge in [0.05, 0.1) is 25.7 Å². The minimum atomic E-state index is -1.66. The fraction of sp³-hybridized carbons (Fsp3) is 0.692. The average molecular weight is 521 g/mol. The lowest BCUT2D eigenvalue weighted by atomic mass is 9.52. The van der Waals surface area contributed by atoms with Gasteiger partial charge in [-0.1, -0.05) is 19.9 Å². The molecule has 6 rings (SSSR count). The molecule has 11 nitrogen and oxygen atoms in total. The van der Waals surface area contributed by atoms with E-state index in [0.717, 1.165) is 5.56 Å². The van der Waals surface area contributed by atoms with Gasteiger partial charge in [-0.3, -0.25) is 0 Å². The van der Waals surface area contributed by atoms with Crippen molar-refractivity contribution in [3.05, 3.63) is 35.8 Å². The van der Waals surface area contributed by atoms with Gasteiger partial charge >= 0.3 is 11.9 Å². The summed E-state index contributed by atoms with van der Waals surface area (Å²) in [5, 5.41) is 40.9. The molecule has 3 aliphatic heterocycles. The summed E-state index contributed by atoms with van der Waals surface area (Å²) in [6.07, 6.45) is -1.82. The molecule has 202 valence electrons. The van der Waals surface area contributed by atoms with Crippen LogP contribution in [0, 0.1) is 22.7 Å². The summed E-state index contributed by atoms with van der Waals surface area (Å²) in [5.41, 5.74) is -1.72. The number of cyclic esters (lactones) is 2. The van der Waals surface area contributed by atoms with Gasteiger partial charge in [-0.05, 0) is 31.2 Å². The van der Waals surface area contributed by atoms with Gasteiger partial charge in [0.1, 0.15) is 30.5 Å². The monoisotopic (exact) mass is 520 g/mol. The van der Waals surface area contributed by atoms with Gasteiger partial charge in [-0.25, -0.2) is 9.59 Å². The first-order valence-corrected chi connectivity index (χ1v) is 12.7. The van der Waals surface area contributed by atoms with E-state index in [1.807, 2.05) is 19.9 Å². The Balaban J connectivity index is 1.39. The first-order chi connectivity index (χ1) is 17.6. The number of carbonyl (C=O) groups is 2. The largest absolute Gasteiger partial charge is 0.472 e. The number of fused-ring (bicyclic) bond motifs is 5. The minimum absolute atomic E-state index is 0.101. The molecule has 0 amide bonds.